The van der Waals surface area contributed by atoms with Gasteiger partial charge in [-0.25, -0.2) is 9.59 Å². The van der Waals surface area contributed by atoms with Gasteiger partial charge in [-0.15, -0.1) is 0 Å². The predicted molar refractivity (Wildman–Crippen MR) is 102 cm³/mol. The lowest BCUT2D eigenvalue weighted by atomic mass is 10.0. The van der Waals surface area contributed by atoms with Crippen molar-refractivity contribution < 1.29 is 19.1 Å². The summed E-state index contributed by atoms with van der Waals surface area (Å²) in [6, 6.07) is 14.8. The molecule has 0 saturated carbocycles. The van der Waals surface area contributed by atoms with Gasteiger partial charge >= 0.3 is 11.9 Å². The molecule has 0 aliphatic heterocycles. The number of hydrogen-bond acceptors (Lipinski definition) is 4. The summed E-state index contributed by atoms with van der Waals surface area (Å²) >= 11 is 0. The Hall–Kier alpha value is -3.40. The van der Waals surface area contributed by atoms with Gasteiger partial charge in [-0.3, -0.25) is 0 Å². The van der Waals surface area contributed by atoms with Crippen molar-refractivity contribution >= 4 is 33.5 Å². The fourth-order valence-corrected chi connectivity index (χ4v) is 2.54. The van der Waals surface area contributed by atoms with Crippen LogP contribution in [0, 0.1) is 0 Å². The van der Waals surface area contributed by atoms with Gasteiger partial charge in [-0.2, -0.15) is 0 Å². The van der Waals surface area contributed by atoms with Crippen LogP contribution in [0.4, 0.5) is 0 Å². The number of esters is 2. The number of rotatable bonds is 4. The standard InChI is InChI=1S/C22H18O4/c1-13(2)21(23)25-17-7-9-19-15(11-17)5-6-16-12-18(8-10-20(16)19)26-22(24)14(3)4/h5-12H,1,3H2,2,4H3. The number of benzene rings is 3. The highest BCUT2D eigenvalue weighted by Gasteiger charge is 2.09. The lowest BCUT2D eigenvalue weighted by Gasteiger charge is -2.09. The van der Waals surface area contributed by atoms with E-state index in [0.29, 0.717) is 22.6 Å². The first-order valence-corrected chi connectivity index (χ1v) is 8.07. The van der Waals surface area contributed by atoms with Crippen molar-refractivity contribution in [3.63, 3.8) is 0 Å². The molecule has 0 N–H and O–H groups in total. The molecule has 0 bridgehead atoms. The van der Waals surface area contributed by atoms with Gasteiger partial charge in [0.1, 0.15) is 11.5 Å². The van der Waals surface area contributed by atoms with E-state index >= 15 is 0 Å². The van der Waals surface area contributed by atoms with Gasteiger partial charge in [0.25, 0.3) is 0 Å². The Morgan fingerprint density at radius 1 is 0.692 bits per heavy atom. The topological polar surface area (TPSA) is 52.6 Å². The van der Waals surface area contributed by atoms with Gasteiger partial charge in [-0.1, -0.05) is 37.4 Å². The van der Waals surface area contributed by atoms with Crippen LogP contribution in [0.3, 0.4) is 0 Å². The minimum Gasteiger partial charge on any atom is -0.423 e. The minimum atomic E-state index is -0.450. The van der Waals surface area contributed by atoms with E-state index < -0.39 is 11.9 Å². The van der Waals surface area contributed by atoms with Crippen LogP contribution in [0.15, 0.2) is 72.8 Å². The summed E-state index contributed by atoms with van der Waals surface area (Å²) in [7, 11) is 0. The number of fused-ring (bicyclic) bond motifs is 3. The van der Waals surface area contributed by atoms with Crippen LogP contribution in [0.5, 0.6) is 11.5 Å². The lowest BCUT2D eigenvalue weighted by molar-refractivity contribution is -0.130. The Balaban J connectivity index is 1.98. The quantitative estimate of drug-likeness (QED) is 0.290. The van der Waals surface area contributed by atoms with Gasteiger partial charge in [0.2, 0.25) is 0 Å². The molecule has 0 atom stereocenters. The number of carbonyl (C=O) groups excluding carboxylic acids is 2. The average molecular weight is 346 g/mol. The average Bonchev–Trinajstić information content (AvgIpc) is 2.61. The molecule has 4 heteroatoms. The van der Waals surface area contributed by atoms with Gasteiger partial charge in [0.05, 0.1) is 0 Å². The summed E-state index contributed by atoms with van der Waals surface area (Å²) in [5.41, 5.74) is 0.695. The molecule has 0 fully saturated rings. The third kappa shape index (κ3) is 3.49. The monoisotopic (exact) mass is 346 g/mol. The third-order valence-electron chi connectivity index (χ3n) is 3.90. The second-order valence-corrected chi connectivity index (χ2v) is 6.17. The van der Waals surface area contributed by atoms with E-state index in [0.717, 1.165) is 21.5 Å². The first-order chi connectivity index (χ1) is 12.3. The first-order valence-electron chi connectivity index (χ1n) is 8.07. The van der Waals surface area contributed by atoms with E-state index in [1.807, 2.05) is 36.4 Å². The molecule has 3 aromatic carbocycles. The summed E-state index contributed by atoms with van der Waals surface area (Å²) in [5, 5.41) is 3.90. The van der Waals surface area contributed by atoms with Gasteiger partial charge in [-0.05, 0) is 59.7 Å². The smallest absolute Gasteiger partial charge is 0.338 e. The molecular weight excluding hydrogens is 328 g/mol. The maximum atomic E-state index is 11.7. The van der Waals surface area contributed by atoms with Crippen molar-refractivity contribution in [1.82, 2.24) is 0 Å². The van der Waals surface area contributed by atoms with E-state index in [1.165, 1.54) is 0 Å². The first kappa shape index (κ1) is 17.4. The van der Waals surface area contributed by atoms with E-state index in [1.54, 1.807) is 26.0 Å². The predicted octanol–water partition coefficient (Wildman–Crippen LogP) is 4.96. The van der Waals surface area contributed by atoms with E-state index in [2.05, 4.69) is 13.2 Å². The SMILES string of the molecule is C=C(C)C(=O)Oc1ccc2c(ccc3cc(OC(=O)C(=C)C)ccc32)c1. The minimum absolute atomic E-state index is 0.348. The molecule has 3 rings (SSSR count). The highest BCUT2D eigenvalue weighted by Crippen LogP contribution is 2.31. The molecule has 26 heavy (non-hydrogen) atoms. The molecule has 0 heterocycles. The molecular formula is C22H18O4. The maximum absolute atomic E-state index is 11.7. The Morgan fingerprint density at radius 2 is 1.08 bits per heavy atom. The summed E-state index contributed by atoms with van der Waals surface area (Å²) in [4.78, 5) is 23.3. The fraction of sp³-hybridized carbons (Fsp3) is 0.0909. The van der Waals surface area contributed by atoms with Crippen LogP contribution < -0.4 is 9.47 Å². The van der Waals surface area contributed by atoms with Crippen molar-refractivity contribution in [3.8, 4) is 11.5 Å². The molecule has 0 aromatic heterocycles. The Morgan fingerprint density at radius 3 is 1.42 bits per heavy atom. The number of ether oxygens (including phenoxy) is 2. The lowest BCUT2D eigenvalue weighted by Crippen LogP contribution is -2.08. The maximum Gasteiger partial charge on any atom is 0.338 e. The van der Waals surface area contributed by atoms with Crippen LogP contribution >= 0.6 is 0 Å². The third-order valence-corrected chi connectivity index (χ3v) is 3.90. The van der Waals surface area contributed by atoms with Crippen molar-refractivity contribution in [1.29, 1.82) is 0 Å². The van der Waals surface area contributed by atoms with Crippen LogP contribution in [-0.4, -0.2) is 11.9 Å². The van der Waals surface area contributed by atoms with E-state index in [-0.39, 0.29) is 0 Å². The fourth-order valence-electron chi connectivity index (χ4n) is 2.54. The summed E-state index contributed by atoms with van der Waals surface area (Å²) < 4.78 is 10.6. The molecule has 0 spiro atoms. The largest absolute Gasteiger partial charge is 0.423 e. The summed E-state index contributed by atoms with van der Waals surface area (Å²) in [5.74, 6) is 0.0388. The zero-order valence-electron chi connectivity index (χ0n) is 14.7. The molecule has 0 aliphatic rings. The molecule has 0 aliphatic carbocycles. The Kier molecular flexibility index (Phi) is 4.59. The highest BCUT2D eigenvalue weighted by molar-refractivity contribution is 6.08. The summed E-state index contributed by atoms with van der Waals surface area (Å²) in [6.45, 7) is 10.4. The molecule has 0 radical (unpaired) electrons. The number of carbonyl (C=O) groups is 2. The molecule has 0 unspecified atom stereocenters. The van der Waals surface area contributed by atoms with Crippen LogP contribution in [0.2, 0.25) is 0 Å². The van der Waals surface area contributed by atoms with Crippen LogP contribution in [-0.2, 0) is 9.59 Å². The molecule has 4 nitrogen and oxygen atoms in total. The van der Waals surface area contributed by atoms with E-state index in [4.69, 9.17) is 9.47 Å². The molecule has 130 valence electrons. The molecule has 0 saturated heterocycles. The zero-order chi connectivity index (χ0) is 18.8. The van der Waals surface area contributed by atoms with Gasteiger partial charge in [0.15, 0.2) is 0 Å². The van der Waals surface area contributed by atoms with E-state index in [9.17, 15) is 9.59 Å². The molecule has 3 aromatic rings. The van der Waals surface area contributed by atoms with Crippen LogP contribution in [0.25, 0.3) is 21.5 Å². The Labute approximate surface area is 151 Å². The second-order valence-electron chi connectivity index (χ2n) is 6.17. The second kappa shape index (κ2) is 6.84. The normalized spacial score (nSPS) is 10.5. The Bertz CT molecular complexity index is 989. The highest BCUT2D eigenvalue weighted by atomic mass is 16.5. The van der Waals surface area contributed by atoms with Crippen molar-refractivity contribution in [2.45, 2.75) is 13.8 Å². The van der Waals surface area contributed by atoms with Gasteiger partial charge < -0.3 is 9.47 Å². The van der Waals surface area contributed by atoms with Gasteiger partial charge in [0, 0.05) is 11.1 Å². The summed E-state index contributed by atoms with van der Waals surface area (Å²) in [6.07, 6.45) is 0. The molecule has 0 amide bonds. The van der Waals surface area contributed by atoms with Crippen molar-refractivity contribution in [2.75, 3.05) is 0 Å². The number of hydrogen-bond donors (Lipinski definition) is 0. The van der Waals surface area contributed by atoms with Crippen LogP contribution in [0.1, 0.15) is 13.8 Å². The van der Waals surface area contributed by atoms with Crippen molar-refractivity contribution in [2.24, 2.45) is 0 Å². The van der Waals surface area contributed by atoms with Crippen molar-refractivity contribution in [3.05, 3.63) is 72.8 Å². The zero-order valence-corrected chi connectivity index (χ0v) is 14.7.